The third-order valence-electron chi connectivity index (χ3n) is 0.926. The Balaban J connectivity index is 0. The molecule has 0 amide bonds. The van der Waals surface area contributed by atoms with Crippen LogP contribution in [0.1, 0.15) is 19.8 Å². The molecule has 0 aromatic heterocycles. The number of carbonyl (C=O) groups is 1. The molecule has 3 nitrogen and oxygen atoms in total. The number of esters is 1. The first-order valence-electron chi connectivity index (χ1n) is 4.52. The fourth-order valence-corrected chi connectivity index (χ4v) is 0.766. The van der Waals surface area contributed by atoms with Gasteiger partial charge in [0.15, 0.2) is 5.56 Å². The maximum absolute atomic E-state index is 10.5. The highest BCUT2D eigenvalue weighted by molar-refractivity contribution is 6.20. The van der Waals surface area contributed by atoms with Crippen molar-refractivity contribution in [2.24, 2.45) is 0 Å². The summed E-state index contributed by atoms with van der Waals surface area (Å²) < 4.78 is 4.65. The van der Waals surface area contributed by atoms with Gasteiger partial charge in [0.1, 0.15) is 0 Å². The van der Waals surface area contributed by atoms with Gasteiger partial charge in [0, 0.05) is 6.08 Å². The minimum Gasteiger partial charge on any atom is -0.443 e. The first kappa shape index (κ1) is 15.9. The number of halogens is 1. The second kappa shape index (κ2) is 10.5. The average molecular weight is 222 g/mol. The van der Waals surface area contributed by atoms with Gasteiger partial charge in [-0.15, -0.1) is 0 Å². The van der Waals surface area contributed by atoms with Crippen LogP contribution in [0.3, 0.4) is 0 Å². The van der Waals surface area contributed by atoms with E-state index in [1.54, 1.807) is 0 Å². The van der Waals surface area contributed by atoms with Gasteiger partial charge < -0.3 is 9.64 Å². The second-order valence-electron chi connectivity index (χ2n) is 3.18. The third kappa shape index (κ3) is 17.5. The zero-order valence-corrected chi connectivity index (χ0v) is 10.2. The summed E-state index contributed by atoms with van der Waals surface area (Å²) in [4.78, 5) is 12.5. The first-order valence-corrected chi connectivity index (χ1v) is 4.95. The van der Waals surface area contributed by atoms with Crippen molar-refractivity contribution < 1.29 is 9.53 Å². The summed E-state index contributed by atoms with van der Waals surface area (Å²) in [6.07, 6.45) is 2.69. The van der Waals surface area contributed by atoms with Crippen molar-refractivity contribution in [2.75, 3.05) is 21.1 Å². The third-order valence-corrected chi connectivity index (χ3v) is 1.23. The van der Waals surface area contributed by atoms with Gasteiger partial charge in [-0.05, 0) is 27.6 Å². The fourth-order valence-electron chi connectivity index (χ4n) is 0.460. The normalized spacial score (nSPS) is 11.3. The molecule has 84 valence electrons. The minimum atomic E-state index is -0.504. The van der Waals surface area contributed by atoms with Crippen molar-refractivity contribution in [3.8, 4) is 0 Å². The summed E-state index contributed by atoms with van der Waals surface area (Å²) in [5, 5.41) is 0. The first-order chi connectivity index (χ1) is 6.43. The van der Waals surface area contributed by atoms with E-state index in [9.17, 15) is 4.79 Å². The van der Waals surface area contributed by atoms with E-state index < -0.39 is 11.5 Å². The molecule has 4 heteroatoms. The zero-order chi connectivity index (χ0) is 11.6. The molecule has 0 saturated heterocycles. The van der Waals surface area contributed by atoms with Crippen molar-refractivity contribution in [2.45, 2.75) is 25.3 Å². The van der Waals surface area contributed by atoms with Crippen LogP contribution < -0.4 is 0 Å². The Morgan fingerprint density at radius 1 is 1.57 bits per heavy atom. The van der Waals surface area contributed by atoms with Crippen LogP contribution in [0.15, 0.2) is 12.7 Å². The lowest BCUT2D eigenvalue weighted by atomic mass is 10.4. The van der Waals surface area contributed by atoms with Gasteiger partial charge in [-0.3, -0.25) is 0 Å². The van der Waals surface area contributed by atoms with E-state index in [0.717, 1.165) is 12.5 Å². The highest BCUT2D eigenvalue weighted by Gasteiger charge is 2.05. The second-order valence-corrected chi connectivity index (χ2v) is 3.67. The molecular formula is C10H20ClNO2. The van der Waals surface area contributed by atoms with Crippen molar-refractivity contribution in [3.05, 3.63) is 12.7 Å². The number of carbonyl (C=O) groups excluding carboxylic acids is 1. The standard InChI is InChI=1S/C7H11ClO2.C3H9N/c1-3-5-6(8)10-7(9)4-2;1-4(2)3/h4,6H,2-3,5H2,1H3;1-3H3. The van der Waals surface area contributed by atoms with Crippen molar-refractivity contribution in [3.63, 3.8) is 0 Å². The Labute approximate surface area is 91.7 Å². The van der Waals surface area contributed by atoms with E-state index in [-0.39, 0.29) is 0 Å². The topological polar surface area (TPSA) is 29.5 Å². The number of hydrogen-bond acceptors (Lipinski definition) is 3. The predicted molar refractivity (Wildman–Crippen MR) is 60.4 cm³/mol. The molecule has 0 aromatic rings. The highest BCUT2D eigenvalue weighted by Crippen LogP contribution is 2.06. The number of rotatable bonds is 4. The zero-order valence-electron chi connectivity index (χ0n) is 9.42. The Hall–Kier alpha value is -0.540. The van der Waals surface area contributed by atoms with Crippen LogP contribution >= 0.6 is 11.6 Å². The molecule has 0 radical (unpaired) electrons. The molecular weight excluding hydrogens is 202 g/mol. The molecule has 0 aliphatic carbocycles. The van der Waals surface area contributed by atoms with Crippen LogP contribution in [0.5, 0.6) is 0 Å². The molecule has 0 aromatic carbocycles. The van der Waals surface area contributed by atoms with E-state index in [1.165, 1.54) is 0 Å². The summed E-state index contributed by atoms with van der Waals surface area (Å²) >= 11 is 5.56. The largest absolute Gasteiger partial charge is 0.443 e. The van der Waals surface area contributed by atoms with E-state index >= 15 is 0 Å². The number of ether oxygens (including phenoxy) is 1. The highest BCUT2D eigenvalue weighted by atomic mass is 35.5. The Kier molecular flexibility index (Phi) is 12.0. The molecule has 1 atom stereocenters. The maximum Gasteiger partial charge on any atom is 0.331 e. The average Bonchev–Trinajstić information content (AvgIpc) is 2.03. The predicted octanol–water partition coefficient (Wildman–Crippen LogP) is 2.26. The smallest absolute Gasteiger partial charge is 0.331 e. The molecule has 0 heterocycles. The number of nitrogens with zero attached hydrogens (tertiary/aromatic N) is 1. The molecule has 0 saturated carbocycles. The SMILES string of the molecule is C=CC(=O)OC(Cl)CCC.CN(C)C. The van der Waals surface area contributed by atoms with E-state index in [4.69, 9.17) is 11.6 Å². The summed E-state index contributed by atoms with van der Waals surface area (Å²) in [7, 11) is 6.00. The lowest BCUT2D eigenvalue weighted by Crippen LogP contribution is -2.09. The van der Waals surface area contributed by atoms with Crippen molar-refractivity contribution >= 4 is 17.6 Å². The van der Waals surface area contributed by atoms with Gasteiger partial charge in [-0.25, -0.2) is 4.79 Å². The molecule has 0 fully saturated rings. The molecule has 0 bridgehead atoms. The van der Waals surface area contributed by atoms with E-state index in [2.05, 4.69) is 11.3 Å². The molecule has 0 aliphatic rings. The fraction of sp³-hybridized carbons (Fsp3) is 0.700. The molecule has 0 spiro atoms. The van der Waals surface area contributed by atoms with Crippen molar-refractivity contribution in [1.29, 1.82) is 0 Å². The summed E-state index contributed by atoms with van der Waals surface area (Å²) in [6, 6.07) is 0. The Morgan fingerprint density at radius 3 is 2.29 bits per heavy atom. The van der Waals surface area contributed by atoms with Gasteiger partial charge >= 0.3 is 5.97 Å². The summed E-state index contributed by atoms with van der Waals surface area (Å²) in [5.41, 5.74) is -0.504. The van der Waals surface area contributed by atoms with Gasteiger partial charge in [0.2, 0.25) is 0 Å². The quantitative estimate of drug-likeness (QED) is 0.414. The van der Waals surface area contributed by atoms with Crippen LogP contribution in [0.2, 0.25) is 0 Å². The number of alkyl halides is 1. The van der Waals surface area contributed by atoms with Gasteiger partial charge in [0.05, 0.1) is 0 Å². The van der Waals surface area contributed by atoms with Gasteiger partial charge in [-0.1, -0.05) is 31.5 Å². The van der Waals surface area contributed by atoms with Crippen LogP contribution in [-0.4, -0.2) is 37.6 Å². The number of hydrogen-bond donors (Lipinski definition) is 0. The molecule has 0 N–H and O–H groups in total. The molecule has 1 unspecified atom stereocenters. The lowest BCUT2D eigenvalue weighted by Gasteiger charge is -2.06. The van der Waals surface area contributed by atoms with E-state index in [1.807, 2.05) is 33.0 Å². The summed E-state index contributed by atoms with van der Waals surface area (Å²) in [5.74, 6) is -0.464. The molecule has 0 aliphatic heterocycles. The molecule has 14 heavy (non-hydrogen) atoms. The maximum atomic E-state index is 10.5. The Morgan fingerprint density at radius 2 is 2.00 bits per heavy atom. The lowest BCUT2D eigenvalue weighted by molar-refractivity contribution is -0.139. The van der Waals surface area contributed by atoms with Gasteiger partial charge in [-0.2, -0.15) is 0 Å². The van der Waals surface area contributed by atoms with Crippen LogP contribution in [-0.2, 0) is 9.53 Å². The van der Waals surface area contributed by atoms with Crippen LogP contribution in [0.4, 0.5) is 0 Å². The minimum absolute atomic E-state index is 0.464. The van der Waals surface area contributed by atoms with Crippen LogP contribution in [0, 0.1) is 0 Å². The van der Waals surface area contributed by atoms with E-state index in [0.29, 0.717) is 6.42 Å². The Bertz CT molecular complexity index is 157. The van der Waals surface area contributed by atoms with Gasteiger partial charge in [0.25, 0.3) is 0 Å². The van der Waals surface area contributed by atoms with Crippen molar-refractivity contribution in [1.82, 2.24) is 4.90 Å². The monoisotopic (exact) mass is 221 g/mol. The van der Waals surface area contributed by atoms with Crippen LogP contribution in [0.25, 0.3) is 0 Å². The summed E-state index contributed by atoms with van der Waals surface area (Å²) in [6.45, 7) is 5.21. The molecule has 0 rings (SSSR count).